The number of hydrogen-bond acceptors (Lipinski definition) is 20. The number of unbranched alkanes of at least 4 members (excludes halogenated alkanes) is 2. The zero-order valence-corrected chi connectivity index (χ0v) is 35.6. The molecule has 1 aliphatic rings. The van der Waals surface area contributed by atoms with Crippen molar-refractivity contribution in [2.45, 2.75) is 30.2 Å². The molecule has 21 nitrogen and oxygen atoms in total. The van der Waals surface area contributed by atoms with Crippen molar-refractivity contribution in [3.8, 4) is 17.2 Å². The molecule has 0 radical (unpaired) electrons. The van der Waals surface area contributed by atoms with Crippen molar-refractivity contribution in [1.82, 2.24) is 39.9 Å². The Labute approximate surface area is 352 Å². The molecule has 1 aromatic carbocycles. The highest BCUT2D eigenvalue weighted by Gasteiger charge is 2.24. The van der Waals surface area contributed by atoms with Gasteiger partial charge in [0.25, 0.3) is 0 Å². The molecule has 0 unspecified atom stereocenters. The van der Waals surface area contributed by atoms with E-state index in [1.165, 1.54) is 33.1 Å². The number of carbonyl (C=O) groups excluding carboxylic acids is 4. The summed E-state index contributed by atoms with van der Waals surface area (Å²) in [5, 5.41) is 3.75. The average Bonchev–Trinajstić information content (AvgIpc) is 3.63. The van der Waals surface area contributed by atoms with Gasteiger partial charge in [0, 0.05) is 69.9 Å². The van der Waals surface area contributed by atoms with Crippen LogP contribution in [0.1, 0.15) is 25.0 Å². The first-order valence-corrected chi connectivity index (χ1v) is 20.3. The fourth-order valence-corrected chi connectivity index (χ4v) is 7.09. The lowest BCUT2D eigenvalue weighted by Crippen LogP contribution is -2.47. The number of carbonyl (C=O) groups is 4. The van der Waals surface area contributed by atoms with Gasteiger partial charge in [-0.1, -0.05) is 11.8 Å². The van der Waals surface area contributed by atoms with Gasteiger partial charge in [-0.2, -0.15) is 14.7 Å². The van der Waals surface area contributed by atoms with E-state index in [-0.39, 0.29) is 38.8 Å². The molecule has 4 rings (SSSR count). The van der Waals surface area contributed by atoms with E-state index < -0.39 is 17.9 Å². The van der Waals surface area contributed by atoms with Crippen LogP contribution in [-0.2, 0) is 54.3 Å². The van der Waals surface area contributed by atoms with Crippen LogP contribution in [0.15, 0.2) is 35.6 Å². The van der Waals surface area contributed by atoms with Gasteiger partial charge in [-0.15, -0.1) is 0 Å². The van der Waals surface area contributed by atoms with Crippen molar-refractivity contribution in [1.29, 1.82) is 0 Å². The summed E-state index contributed by atoms with van der Waals surface area (Å²) in [7, 11) is 6.88. The Morgan fingerprint density at radius 2 is 1.33 bits per heavy atom. The Morgan fingerprint density at radius 3 is 1.93 bits per heavy atom. The fraction of sp³-hybridized carbons (Fsp3) is 0.579. The van der Waals surface area contributed by atoms with Crippen molar-refractivity contribution in [3.05, 3.63) is 36.2 Å². The summed E-state index contributed by atoms with van der Waals surface area (Å²) in [6.07, 6.45) is 4.08. The van der Waals surface area contributed by atoms with Crippen molar-refractivity contribution in [3.63, 3.8) is 0 Å². The molecule has 2 aromatic heterocycles. The van der Waals surface area contributed by atoms with Gasteiger partial charge in [0.2, 0.25) is 5.91 Å². The summed E-state index contributed by atoms with van der Waals surface area (Å²) in [4.78, 5) is 97.6. The van der Waals surface area contributed by atoms with E-state index in [4.69, 9.17) is 24.0 Å². The van der Waals surface area contributed by atoms with Gasteiger partial charge in [0.15, 0.2) is 16.7 Å². The predicted octanol–water partition coefficient (Wildman–Crippen LogP) is 1.43. The van der Waals surface area contributed by atoms with Gasteiger partial charge in [0.1, 0.15) is 25.4 Å². The van der Waals surface area contributed by atoms with Gasteiger partial charge in [-0.25, -0.2) is 19.4 Å². The lowest BCUT2D eigenvalue weighted by molar-refractivity contribution is -0.257. The second-order valence-corrected chi connectivity index (χ2v) is 14.4. The number of pyridine rings is 1. The van der Waals surface area contributed by atoms with E-state index in [9.17, 15) is 19.2 Å². The summed E-state index contributed by atoms with van der Waals surface area (Å²) in [5.41, 5.74) is 2.44. The van der Waals surface area contributed by atoms with E-state index in [0.29, 0.717) is 69.7 Å². The maximum Gasteiger partial charge on any atom is 0.356 e. The third kappa shape index (κ3) is 16.7. The normalized spacial score (nSPS) is 14.9. The van der Waals surface area contributed by atoms with Crippen molar-refractivity contribution < 1.29 is 62.7 Å². The Hall–Kier alpha value is -4.81. The molecule has 0 spiro atoms. The smallest absolute Gasteiger partial charge is 0.356 e. The van der Waals surface area contributed by atoms with Crippen molar-refractivity contribution in [2.24, 2.45) is 0 Å². The topological polar surface area (TPSA) is 218 Å². The molecule has 0 saturated carbocycles. The molecule has 0 bridgehead atoms. The second kappa shape index (κ2) is 26.4. The molecule has 332 valence electrons. The molecule has 1 amide bonds. The van der Waals surface area contributed by atoms with E-state index >= 15 is 0 Å². The monoisotopic (exact) mass is 864 g/mol. The number of thioether (sulfide) groups is 1. The van der Waals surface area contributed by atoms with Crippen LogP contribution in [0.25, 0.3) is 11.0 Å². The summed E-state index contributed by atoms with van der Waals surface area (Å²) in [5.74, 6) is 0.470. The Morgan fingerprint density at radius 1 is 0.733 bits per heavy atom. The second-order valence-electron chi connectivity index (χ2n) is 13.4. The first-order valence-electron chi connectivity index (χ1n) is 19.3. The van der Waals surface area contributed by atoms with E-state index in [1.807, 2.05) is 28.0 Å². The van der Waals surface area contributed by atoms with E-state index in [0.717, 1.165) is 46.9 Å². The van der Waals surface area contributed by atoms with Gasteiger partial charge in [0.05, 0.1) is 72.1 Å². The largest absolute Gasteiger partial charge is 0.494 e. The highest BCUT2D eigenvalue weighted by molar-refractivity contribution is 7.98. The number of methoxy groups -OCH3 is 2. The number of benzene rings is 1. The van der Waals surface area contributed by atoms with Gasteiger partial charge < -0.3 is 24.5 Å². The number of aromatic nitrogens is 3. The minimum atomic E-state index is -0.637. The van der Waals surface area contributed by atoms with Crippen LogP contribution in [0, 0.1) is 0 Å². The van der Waals surface area contributed by atoms with Crippen molar-refractivity contribution >= 4 is 46.6 Å². The van der Waals surface area contributed by atoms with Crippen LogP contribution >= 0.6 is 11.8 Å². The van der Waals surface area contributed by atoms with Crippen molar-refractivity contribution in [2.75, 3.05) is 121 Å². The number of aromatic amines is 1. The number of H-pyrrole nitrogens is 1. The molecule has 1 saturated heterocycles. The Balaban J connectivity index is 1.24. The van der Waals surface area contributed by atoms with Crippen LogP contribution in [0.4, 0.5) is 0 Å². The van der Waals surface area contributed by atoms with Crippen LogP contribution in [-0.4, -0.2) is 179 Å². The summed E-state index contributed by atoms with van der Waals surface area (Å²) < 4.78 is 16.9. The SMILES string of the molecule is COOC(=O)CN1CCN(CC(=O)NCCCCCOc2ccc3nc(SCc4nccc(OC)c4OC)[nH]c3c2)CCN(CC(=O)OOC)CN(CC(=O)OOC)CC1. The molecule has 3 heterocycles. The molecule has 3 aromatic rings. The lowest BCUT2D eigenvalue weighted by Gasteiger charge is -2.30. The summed E-state index contributed by atoms with van der Waals surface area (Å²) in [6.45, 7) is 3.09. The minimum absolute atomic E-state index is 0.0854. The molecule has 1 aliphatic heterocycles. The molecule has 0 aliphatic carbocycles. The minimum Gasteiger partial charge on any atom is -0.494 e. The van der Waals surface area contributed by atoms with Crippen LogP contribution in [0.5, 0.6) is 17.2 Å². The van der Waals surface area contributed by atoms with Crippen LogP contribution in [0.3, 0.4) is 0 Å². The first-order chi connectivity index (χ1) is 29.1. The Bertz CT molecular complexity index is 1800. The Kier molecular flexibility index (Phi) is 21.1. The third-order valence-electron chi connectivity index (χ3n) is 9.11. The van der Waals surface area contributed by atoms with Gasteiger partial charge in [-0.3, -0.25) is 44.0 Å². The predicted molar refractivity (Wildman–Crippen MR) is 216 cm³/mol. The fourth-order valence-electron chi connectivity index (χ4n) is 6.27. The van der Waals surface area contributed by atoms with Crippen LogP contribution in [0.2, 0.25) is 0 Å². The van der Waals surface area contributed by atoms with Gasteiger partial charge >= 0.3 is 17.9 Å². The molecule has 1 fully saturated rings. The number of hydrogen-bond donors (Lipinski definition) is 2. The highest BCUT2D eigenvalue weighted by Crippen LogP contribution is 2.33. The number of imidazole rings is 1. The van der Waals surface area contributed by atoms with E-state index in [2.05, 4.69) is 39.8 Å². The summed E-state index contributed by atoms with van der Waals surface area (Å²) in [6, 6.07) is 7.49. The number of rotatable bonds is 23. The molecular weight excluding hydrogens is 809 g/mol. The van der Waals surface area contributed by atoms with Crippen LogP contribution < -0.4 is 19.5 Å². The molecule has 0 atom stereocenters. The molecular formula is C38H56N8O13S. The quantitative estimate of drug-likeness (QED) is 0.0596. The lowest BCUT2D eigenvalue weighted by atomic mass is 10.2. The third-order valence-corrected chi connectivity index (χ3v) is 9.99. The zero-order valence-electron chi connectivity index (χ0n) is 34.8. The number of nitrogens with zero attached hydrogens (tertiary/aromatic N) is 6. The average molecular weight is 865 g/mol. The number of amides is 1. The van der Waals surface area contributed by atoms with Gasteiger partial charge in [-0.05, 0) is 31.4 Å². The van der Waals surface area contributed by atoms with E-state index in [1.54, 1.807) is 36.3 Å². The number of nitrogens with one attached hydrogen (secondary N) is 2. The molecule has 2 N–H and O–H groups in total. The maximum absolute atomic E-state index is 13.1. The first kappa shape index (κ1) is 47.9. The molecule has 60 heavy (non-hydrogen) atoms. The maximum atomic E-state index is 13.1. The standard InChI is InChI=1S/C38H56N8O13S/c1-51-32-11-13-39-31(37(32)52-2)26-60-38-41-29-10-9-28(21-30(29)42-38)56-20-8-6-7-12-40-33(47)22-43-14-15-44(23-34(48)57-53-3)17-19-46(25-36(50)59-55-5)27-45(18-16-43)24-35(49)58-54-4/h9-11,13,21H,6-8,12,14-20,22-27H2,1-5H3,(H,40,47)(H,41,42). The summed E-state index contributed by atoms with van der Waals surface area (Å²) >= 11 is 1.51. The highest BCUT2D eigenvalue weighted by atomic mass is 32.2. The molecule has 22 heteroatoms. The zero-order chi connectivity index (χ0) is 43.1. The number of ether oxygens (including phenoxy) is 3. The number of fused-ring (bicyclic) bond motifs is 1.